The monoisotopic (exact) mass is 445 g/mol. The van der Waals surface area contributed by atoms with E-state index >= 15 is 0 Å². The Labute approximate surface area is 189 Å². The van der Waals surface area contributed by atoms with Crippen LogP contribution in [0.25, 0.3) is 0 Å². The molecule has 2 N–H and O–H groups in total. The highest BCUT2D eigenvalue weighted by atomic mass is 16.5. The molecule has 0 spiro atoms. The minimum atomic E-state index is -0.297. The minimum absolute atomic E-state index is 0.103. The Bertz CT molecular complexity index is 877. The molecule has 2 aromatic rings. The smallest absolute Gasteiger partial charge is 0.324 e. The molecule has 1 saturated heterocycles. The fraction of sp³-hybridized carbons (Fsp3) is 0.652. The van der Waals surface area contributed by atoms with Crippen LogP contribution in [0.15, 0.2) is 16.7 Å². The molecule has 9 nitrogen and oxygen atoms in total. The number of rotatable bonds is 10. The predicted molar refractivity (Wildman–Crippen MR) is 121 cm³/mol. The number of pyridine rings is 1. The van der Waals surface area contributed by atoms with Crippen molar-refractivity contribution in [3.05, 3.63) is 29.2 Å². The van der Waals surface area contributed by atoms with E-state index in [1.807, 2.05) is 0 Å². The minimum Gasteiger partial charge on any atom is -0.478 e. The van der Waals surface area contributed by atoms with E-state index in [4.69, 9.17) is 14.4 Å². The normalized spacial score (nSPS) is 15.8. The first-order valence-electron chi connectivity index (χ1n) is 11.5. The number of carbonyl (C=O) groups excluding carboxylic acids is 1. The van der Waals surface area contributed by atoms with Crippen molar-refractivity contribution in [2.45, 2.75) is 65.3 Å². The van der Waals surface area contributed by atoms with Gasteiger partial charge >= 0.3 is 6.01 Å². The van der Waals surface area contributed by atoms with Crippen molar-refractivity contribution < 1.29 is 19.2 Å². The molecule has 1 atom stereocenters. The molecule has 9 heteroatoms. The molecular weight excluding hydrogens is 410 g/mol. The molecule has 32 heavy (non-hydrogen) atoms. The summed E-state index contributed by atoms with van der Waals surface area (Å²) in [7, 11) is 0. The number of aliphatic hydroxyl groups excluding tert-OH is 1. The van der Waals surface area contributed by atoms with Gasteiger partial charge in [0.25, 0.3) is 5.91 Å². The average molecular weight is 446 g/mol. The first kappa shape index (κ1) is 24.0. The van der Waals surface area contributed by atoms with Gasteiger partial charge in [-0.15, -0.1) is 0 Å². The maximum absolute atomic E-state index is 12.2. The Morgan fingerprint density at radius 2 is 2.03 bits per heavy atom. The first-order valence-corrected chi connectivity index (χ1v) is 11.5. The summed E-state index contributed by atoms with van der Waals surface area (Å²) in [6, 6.07) is 3.78. The van der Waals surface area contributed by atoms with Crippen LogP contribution in [0.1, 0.15) is 74.2 Å². The number of nitrogens with one attached hydrogen (secondary N) is 1. The highest BCUT2D eigenvalue weighted by molar-refractivity contribution is 5.95. The molecule has 3 heterocycles. The van der Waals surface area contributed by atoms with Crippen LogP contribution in [0.2, 0.25) is 0 Å². The summed E-state index contributed by atoms with van der Waals surface area (Å²) < 4.78 is 11.2. The van der Waals surface area contributed by atoms with E-state index in [-0.39, 0.29) is 24.5 Å². The number of aromatic nitrogens is 3. The lowest BCUT2D eigenvalue weighted by Crippen LogP contribution is -2.35. The molecule has 0 radical (unpaired) electrons. The molecule has 0 unspecified atom stereocenters. The zero-order valence-electron chi connectivity index (χ0n) is 19.5. The van der Waals surface area contributed by atoms with E-state index in [2.05, 4.69) is 39.2 Å². The van der Waals surface area contributed by atoms with Gasteiger partial charge < -0.3 is 24.6 Å². The van der Waals surface area contributed by atoms with E-state index < -0.39 is 0 Å². The van der Waals surface area contributed by atoms with Crippen molar-refractivity contribution in [2.24, 2.45) is 5.92 Å². The summed E-state index contributed by atoms with van der Waals surface area (Å²) in [5, 5.41) is 15.9. The van der Waals surface area contributed by atoms with Crippen LogP contribution in [0.4, 0.5) is 6.01 Å². The van der Waals surface area contributed by atoms with Gasteiger partial charge in [0.1, 0.15) is 0 Å². The number of nitrogens with zero attached hydrogens (tertiary/aromatic N) is 4. The van der Waals surface area contributed by atoms with Crippen LogP contribution in [0, 0.1) is 12.8 Å². The number of hydrogen-bond acceptors (Lipinski definition) is 8. The van der Waals surface area contributed by atoms with Crippen LogP contribution < -0.4 is 15.0 Å². The molecule has 1 aliphatic heterocycles. The molecule has 0 saturated carbocycles. The van der Waals surface area contributed by atoms with Gasteiger partial charge in [-0.05, 0) is 51.5 Å². The quantitative estimate of drug-likeness (QED) is 0.537. The Hall–Kier alpha value is -2.68. The zero-order valence-corrected chi connectivity index (χ0v) is 19.5. The Balaban J connectivity index is 1.37. The lowest BCUT2D eigenvalue weighted by molar-refractivity contribution is 0.0921. The summed E-state index contributed by atoms with van der Waals surface area (Å²) in [5.74, 6) is 1.98. The summed E-state index contributed by atoms with van der Waals surface area (Å²) in [4.78, 5) is 23.3. The third-order valence-corrected chi connectivity index (χ3v) is 5.80. The third kappa shape index (κ3) is 6.41. The topological polar surface area (TPSA) is 114 Å². The standard InChI is InChI=1S/C23H35N5O4/c1-15(2)21-26-23(32-27-21)28-11-9-18(10-12-28)6-5-13-31-20-8-7-19(17(4)25-20)22(30)24-16(3)14-29/h7-8,15-16,18,29H,5-6,9-14H2,1-4H3,(H,24,30)/t16-/m1/s1. The molecule has 3 rings (SSSR count). The molecule has 0 aromatic carbocycles. The highest BCUT2D eigenvalue weighted by Gasteiger charge is 2.23. The van der Waals surface area contributed by atoms with Crippen molar-refractivity contribution in [1.82, 2.24) is 20.4 Å². The third-order valence-electron chi connectivity index (χ3n) is 5.80. The van der Waals surface area contributed by atoms with Crippen molar-refractivity contribution in [3.63, 3.8) is 0 Å². The van der Waals surface area contributed by atoms with Crippen molar-refractivity contribution >= 4 is 11.9 Å². The molecule has 2 aromatic heterocycles. The average Bonchev–Trinajstić information content (AvgIpc) is 3.28. The van der Waals surface area contributed by atoms with Gasteiger partial charge in [-0.3, -0.25) is 4.79 Å². The Morgan fingerprint density at radius 1 is 1.28 bits per heavy atom. The predicted octanol–water partition coefficient (Wildman–Crippen LogP) is 3.08. The van der Waals surface area contributed by atoms with E-state index in [1.165, 1.54) is 0 Å². The molecule has 1 aliphatic rings. The Morgan fingerprint density at radius 3 is 2.66 bits per heavy atom. The van der Waals surface area contributed by atoms with E-state index in [1.54, 1.807) is 26.0 Å². The van der Waals surface area contributed by atoms with Crippen molar-refractivity contribution in [3.8, 4) is 5.88 Å². The molecular formula is C23H35N5O4. The molecule has 0 aliphatic carbocycles. The van der Waals surface area contributed by atoms with Crippen LogP contribution in [0.5, 0.6) is 5.88 Å². The maximum atomic E-state index is 12.2. The number of aryl methyl sites for hydroxylation is 1. The maximum Gasteiger partial charge on any atom is 0.324 e. The van der Waals surface area contributed by atoms with Crippen LogP contribution >= 0.6 is 0 Å². The number of anilines is 1. The van der Waals surface area contributed by atoms with E-state index in [0.29, 0.717) is 35.7 Å². The number of ether oxygens (including phenoxy) is 1. The second-order valence-corrected chi connectivity index (χ2v) is 8.85. The molecule has 0 bridgehead atoms. The lowest BCUT2D eigenvalue weighted by atomic mass is 9.92. The summed E-state index contributed by atoms with van der Waals surface area (Å²) >= 11 is 0. The van der Waals surface area contributed by atoms with Gasteiger partial charge in [0.2, 0.25) is 5.88 Å². The molecule has 1 amide bonds. The number of piperidine rings is 1. The first-order chi connectivity index (χ1) is 15.4. The van der Waals surface area contributed by atoms with E-state index in [9.17, 15) is 4.79 Å². The number of aliphatic hydroxyl groups is 1. The highest BCUT2D eigenvalue weighted by Crippen LogP contribution is 2.26. The number of carbonyl (C=O) groups is 1. The van der Waals surface area contributed by atoms with Crippen molar-refractivity contribution in [2.75, 3.05) is 31.2 Å². The molecule has 176 valence electrons. The second kappa shape index (κ2) is 11.3. The van der Waals surface area contributed by atoms with Gasteiger partial charge in [-0.1, -0.05) is 19.0 Å². The van der Waals surface area contributed by atoms with Gasteiger partial charge in [0.05, 0.1) is 24.5 Å². The van der Waals surface area contributed by atoms with E-state index in [0.717, 1.165) is 44.6 Å². The number of hydrogen-bond donors (Lipinski definition) is 2. The second-order valence-electron chi connectivity index (χ2n) is 8.85. The zero-order chi connectivity index (χ0) is 23.1. The van der Waals surface area contributed by atoms with Gasteiger partial charge in [0.15, 0.2) is 5.82 Å². The van der Waals surface area contributed by atoms with Crippen molar-refractivity contribution in [1.29, 1.82) is 0 Å². The summed E-state index contributed by atoms with van der Waals surface area (Å²) in [6.07, 6.45) is 4.27. The van der Waals surface area contributed by atoms with Gasteiger partial charge in [-0.2, -0.15) is 4.98 Å². The van der Waals surface area contributed by atoms with Gasteiger partial charge in [-0.25, -0.2) is 4.98 Å². The Kier molecular flexibility index (Phi) is 8.44. The van der Waals surface area contributed by atoms with Crippen LogP contribution in [0.3, 0.4) is 0 Å². The lowest BCUT2D eigenvalue weighted by Gasteiger charge is -2.30. The van der Waals surface area contributed by atoms with Crippen LogP contribution in [-0.4, -0.2) is 58.5 Å². The fourth-order valence-electron chi connectivity index (χ4n) is 3.76. The summed E-state index contributed by atoms with van der Waals surface area (Å²) in [6.45, 7) is 10.0. The SMILES string of the molecule is Cc1nc(OCCCC2CCN(c3nc(C(C)C)no3)CC2)ccc1C(=O)N[C@H](C)CO. The number of amides is 1. The van der Waals surface area contributed by atoms with Crippen LogP contribution in [-0.2, 0) is 0 Å². The fourth-order valence-corrected chi connectivity index (χ4v) is 3.76. The largest absolute Gasteiger partial charge is 0.478 e. The molecule has 1 fully saturated rings. The summed E-state index contributed by atoms with van der Waals surface area (Å²) in [5.41, 5.74) is 1.10. The van der Waals surface area contributed by atoms with Gasteiger partial charge in [0, 0.05) is 31.1 Å².